The molecule has 3 heteroatoms. The molecule has 1 fully saturated rings. The second-order valence-corrected chi connectivity index (χ2v) is 7.26. The fourth-order valence-electron chi connectivity index (χ4n) is 4.33. The summed E-state index contributed by atoms with van der Waals surface area (Å²) >= 11 is 0. The lowest BCUT2D eigenvalue weighted by atomic mass is 9.67. The highest BCUT2D eigenvalue weighted by Crippen LogP contribution is 2.49. The lowest BCUT2D eigenvalue weighted by Gasteiger charge is -2.44. The molecule has 0 spiro atoms. The van der Waals surface area contributed by atoms with Gasteiger partial charge in [0, 0.05) is 12.5 Å². The van der Waals surface area contributed by atoms with Gasteiger partial charge in [0.15, 0.2) is 0 Å². The van der Waals surface area contributed by atoms with Gasteiger partial charge in [-0.2, -0.15) is 0 Å². The van der Waals surface area contributed by atoms with Crippen LogP contribution in [0.25, 0.3) is 0 Å². The molecule has 124 valence electrons. The van der Waals surface area contributed by atoms with E-state index in [9.17, 15) is 10.2 Å². The highest BCUT2D eigenvalue weighted by molar-refractivity contribution is 5.33. The Balaban J connectivity index is 2.47. The first-order chi connectivity index (χ1) is 10.4. The topological polar surface area (TPSA) is 43.7 Å². The fourth-order valence-corrected chi connectivity index (χ4v) is 4.33. The van der Waals surface area contributed by atoms with Crippen LogP contribution in [0, 0.1) is 17.8 Å². The summed E-state index contributed by atoms with van der Waals surface area (Å²) in [5.74, 6) is 1.18. The van der Waals surface area contributed by atoms with Gasteiger partial charge in [-0.3, -0.25) is 0 Å². The van der Waals surface area contributed by atoms with Crippen molar-refractivity contribution in [1.29, 1.82) is 0 Å². The third-order valence-electron chi connectivity index (χ3n) is 5.44. The molecule has 22 heavy (non-hydrogen) atoms. The molecule has 1 aliphatic rings. The van der Waals surface area contributed by atoms with Gasteiger partial charge in [0.25, 0.3) is 0 Å². The van der Waals surface area contributed by atoms with Gasteiger partial charge in [0.2, 0.25) is 0 Å². The minimum Gasteiger partial charge on any atom is -0.508 e. The van der Waals surface area contributed by atoms with Gasteiger partial charge in [-0.1, -0.05) is 38.8 Å². The molecular formula is C19H31NO2. The lowest BCUT2D eigenvalue weighted by Crippen LogP contribution is -2.47. The first-order valence-corrected chi connectivity index (χ1v) is 8.56. The Labute approximate surface area is 135 Å². The highest BCUT2D eigenvalue weighted by atomic mass is 16.3. The quantitative estimate of drug-likeness (QED) is 0.844. The maximum Gasteiger partial charge on any atom is 0.115 e. The second-order valence-electron chi connectivity index (χ2n) is 7.26. The highest BCUT2D eigenvalue weighted by Gasteiger charge is 2.48. The van der Waals surface area contributed by atoms with Gasteiger partial charge in [-0.05, 0) is 56.5 Å². The zero-order valence-electron chi connectivity index (χ0n) is 14.4. The maximum absolute atomic E-state index is 11.8. The SMILES string of the molecule is CCC(CN(C)C)C(O)(c1cccc(O)c1)C1CCCC1C. The molecule has 2 N–H and O–H groups in total. The summed E-state index contributed by atoms with van der Waals surface area (Å²) in [5, 5.41) is 21.7. The first kappa shape index (κ1) is 17.3. The fraction of sp³-hybridized carbons (Fsp3) is 0.684. The van der Waals surface area contributed by atoms with Crippen molar-refractivity contribution in [3.05, 3.63) is 29.8 Å². The summed E-state index contributed by atoms with van der Waals surface area (Å²) < 4.78 is 0. The average molecular weight is 305 g/mol. The number of phenols is 1. The van der Waals surface area contributed by atoms with Crippen LogP contribution < -0.4 is 0 Å². The van der Waals surface area contributed by atoms with Crippen molar-refractivity contribution in [1.82, 2.24) is 4.90 Å². The molecule has 2 rings (SSSR count). The van der Waals surface area contributed by atoms with Crippen LogP contribution in [0.5, 0.6) is 5.75 Å². The molecule has 1 aromatic rings. The molecule has 0 saturated heterocycles. The molecule has 0 bridgehead atoms. The van der Waals surface area contributed by atoms with Gasteiger partial charge in [0.05, 0.1) is 5.60 Å². The largest absolute Gasteiger partial charge is 0.508 e. The summed E-state index contributed by atoms with van der Waals surface area (Å²) in [5.41, 5.74) is 0.00757. The number of phenolic OH excluding ortho intramolecular Hbond substituents is 1. The Kier molecular flexibility index (Phi) is 5.51. The number of aromatic hydroxyl groups is 1. The van der Waals surface area contributed by atoms with Gasteiger partial charge >= 0.3 is 0 Å². The Bertz CT molecular complexity index is 488. The molecule has 0 radical (unpaired) electrons. The predicted molar refractivity (Wildman–Crippen MR) is 90.8 cm³/mol. The van der Waals surface area contributed by atoms with Gasteiger partial charge in [-0.25, -0.2) is 0 Å². The summed E-state index contributed by atoms with van der Waals surface area (Å²) in [4.78, 5) is 2.15. The van der Waals surface area contributed by atoms with E-state index in [4.69, 9.17) is 0 Å². The predicted octanol–water partition coefficient (Wildman–Crippen LogP) is 3.60. The van der Waals surface area contributed by atoms with Crippen LogP contribution in [0.1, 0.15) is 45.1 Å². The van der Waals surface area contributed by atoms with Crippen molar-refractivity contribution in [3.8, 4) is 5.75 Å². The third-order valence-corrected chi connectivity index (χ3v) is 5.44. The molecule has 0 aromatic heterocycles. The standard InChI is InChI=1S/C19H31NO2/c1-5-15(13-20(3)4)19(22,18-11-6-8-14(18)2)16-9-7-10-17(21)12-16/h7,9-10,12,14-15,18,21-22H,5-6,8,11,13H2,1-4H3. The van der Waals surface area contributed by atoms with E-state index in [1.807, 2.05) is 12.1 Å². The summed E-state index contributed by atoms with van der Waals surface area (Å²) in [7, 11) is 4.12. The summed E-state index contributed by atoms with van der Waals surface area (Å²) in [6, 6.07) is 7.25. The van der Waals surface area contributed by atoms with Crippen molar-refractivity contribution in [2.24, 2.45) is 17.8 Å². The average Bonchev–Trinajstić information content (AvgIpc) is 2.90. The number of hydrogen-bond acceptors (Lipinski definition) is 3. The summed E-state index contributed by atoms with van der Waals surface area (Å²) in [6.07, 6.45) is 4.36. The van der Waals surface area contributed by atoms with Crippen LogP contribution in [0.4, 0.5) is 0 Å². The van der Waals surface area contributed by atoms with E-state index in [2.05, 4.69) is 32.8 Å². The van der Waals surface area contributed by atoms with E-state index in [1.165, 1.54) is 12.8 Å². The number of benzene rings is 1. The Morgan fingerprint density at radius 1 is 1.32 bits per heavy atom. The molecule has 3 nitrogen and oxygen atoms in total. The Morgan fingerprint density at radius 2 is 2.05 bits per heavy atom. The van der Waals surface area contributed by atoms with Crippen LogP contribution in [0.3, 0.4) is 0 Å². The summed E-state index contributed by atoms with van der Waals surface area (Å²) in [6.45, 7) is 5.27. The van der Waals surface area contributed by atoms with Crippen molar-refractivity contribution >= 4 is 0 Å². The normalized spacial score (nSPS) is 26.1. The van der Waals surface area contributed by atoms with Crippen LogP contribution in [0.2, 0.25) is 0 Å². The molecule has 0 heterocycles. The molecule has 0 amide bonds. The lowest BCUT2D eigenvalue weighted by molar-refractivity contribution is -0.0948. The van der Waals surface area contributed by atoms with E-state index in [0.29, 0.717) is 5.92 Å². The van der Waals surface area contributed by atoms with E-state index in [1.54, 1.807) is 12.1 Å². The van der Waals surface area contributed by atoms with Crippen LogP contribution in [0.15, 0.2) is 24.3 Å². The molecule has 1 saturated carbocycles. The molecule has 4 unspecified atom stereocenters. The molecule has 4 atom stereocenters. The molecule has 1 aliphatic carbocycles. The molecule has 0 aliphatic heterocycles. The Hall–Kier alpha value is -1.06. The van der Waals surface area contributed by atoms with E-state index in [0.717, 1.165) is 24.9 Å². The van der Waals surface area contributed by atoms with E-state index < -0.39 is 5.60 Å². The number of hydrogen-bond donors (Lipinski definition) is 2. The Morgan fingerprint density at radius 3 is 2.55 bits per heavy atom. The van der Waals surface area contributed by atoms with Crippen molar-refractivity contribution in [2.45, 2.75) is 45.1 Å². The van der Waals surface area contributed by atoms with Crippen LogP contribution >= 0.6 is 0 Å². The van der Waals surface area contributed by atoms with Gasteiger partial charge in [-0.15, -0.1) is 0 Å². The van der Waals surface area contributed by atoms with Crippen LogP contribution in [-0.2, 0) is 5.60 Å². The van der Waals surface area contributed by atoms with Gasteiger partial charge < -0.3 is 15.1 Å². The minimum absolute atomic E-state index is 0.162. The smallest absolute Gasteiger partial charge is 0.115 e. The number of aliphatic hydroxyl groups is 1. The third kappa shape index (κ3) is 3.31. The molecule has 1 aromatic carbocycles. The van der Waals surface area contributed by atoms with Crippen LogP contribution in [-0.4, -0.2) is 35.8 Å². The van der Waals surface area contributed by atoms with Gasteiger partial charge in [0.1, 0.15) is 5.75 Å². The number of rotatable bonds is 6. The second kappa shape index (κ2) is 7.01. The maximum atomic E-state index is 11.8. The zero-order chi connectivity index (χ0) is 16.3. The monoisotopic (exact) mass is 305 g/mol. The number of nitrogens with zero attached hydrogens (tertiary/aromatic N) is 1. The van der Waals surface area contributed by atoms with Crippen molar-refractivity contribution in [3.63, 3.8) is 0 Å². The zero-order valence-corrected chi connectivity index (χ0v) is 14.4. The van der Waals surface area contributed by atoms with Crippen molar-refractivity contribution < 1.29 is 10.2 Å². The van der Waals surface area contributed by atoms with E-state index in [-0.39, 0.29) is 17.6 Å². The minimum atomic E-state index is -0.867. The first-order valence-electron chi connectivity index (χ1n) is 8.56. The van der Waals surface area contributed by atoms with E-state index >= 15 is 0 Å². The molecular weight excluding hydrogens is 274 g/mol. The van der Waals surface area contributed by atoms with Crippen molar-refractivity contribution in [2.75, 3.05) is 20.6 Å².